The Hall–Kier alpha value is -1.34. The highest BCUT2D eigenvalue weighted by molar-refractivity contribution is 6.45. The first-order valence-corrected chi connectivity index (χ1v) is 6.32. The number of hydrogen-bond donors (Lipinski definition) is 0. The number of benzene rings is 1. The average molecular weight is 316 g/mol. The second kappa shape index (κ2) is 5.75. The summed E-state index contributed by atoms with van der Waals surface area (Å²) in [4.78, 5) is 3.95. The molecular formula is C13H6Cl3FN2. The number of aromatic nitrogens is 1. The predicted molar refractivity (Wildman–Crippen MR) is 74.0 cm³/mol. The topological polar surface area (TPSA) is 36.7 Å². The number of pyridine rings is 1. The molecule has 0 spiro atoms. The third-order valence-corrected chi connectivity index (χ3v) is 3.49. The van der Waals surface area contributed by atoms with E-state index in [0.29, 0.717) is 16.3 Å². The molecule has 2 aromatic rings. The zero-order valence-electron chi connectivity index (χ0n) is 9.42. The van der Waals surface area contributed by atoms with E-state index in [9.17, 15) is 4.39 Å². The highest BCUT2D eigenvalue weighted by Crippen LogP contribution is 2.36. The fraction of sp³-hybridized carbons (Fsp3) is 0.0769. The van der Waals surface area contributed by atoms with Crippen LogP contribution < -0.4 is 0 Å². The molecule has 0 saturated carbocycles. The molecule has 19 heavy (non-hydrogen) atoms. The fourth-order valence-electron chi connectivity index (χ4n) is 1.59. The average Bonchev–Trinajstić information content (AvgIpc) is 2.37. The lowest BCUT2D eigenvalue weighted by Crippen LogP contribution is -1.94. The van der Waals surface area contributed by atoms with Gasteiger partial charge in [-0.15, -0.1) is 0 Å². The minimum atomic E-state index is -0.533. The van der Waals surface area contributed by atoms with Crippen molar-refractivity contribution in [2.45, 2.75) is 6.42 Å². The molecule has 0 amide bonds. The molecule has 2 rings (SSSR count). The summed E-state index contributed by atoms with van der Waals surface area (Å²) >= 11 is 17.9. The van der Waals surface area contributed by atoms with E-state index in [0.717, 1.165) is 6.20 Å². The molecule has 0 bridgehead atoms. The first kappa shape index (κ1) is 14.1. The van der Waals surface area contributed by atoms with Crippen LogP contribution >= 0.6 is 34.8 Å². The maximum absolute atomic E-state index is 13.4. The molecule has 96 valence electrons. The molecule has 6 heteroatoms. The van der Waals surface area contributed by atoms with Gasteiger partial charge >= 0.3 is 0 Å². The van der Waals surface area contributed by atoms with E-state index >= 15 is 0 Å². The lowest BCUT2D eigenvalue weighted by atomic mass is 10.1. The molecule has 0 aliphatic rings. The summed E-state index contributed by atoms with van der Waals surface area (Å²) in [5.41, 5.74) is 1.17. The molecule has 0 N–H and O–H groups in total. The van der Waals surface area contributed by atoms with E-state index in [-0.39, 0.29) is 22.0 Å². The van der Waals surface area contributed by atoms with Crippen molar-refractivity contribution in [2.75, 3.05) is 0 Å². The Bertz CT molecular complexity index is 680. The van der Waals surface area contributed by atoms with Gasteiger partial charge < -0.3 is 0 Å². The zero-order valence-corrected chi connectivity index (χ0v) is 11.7. The van der Waals surface area contributed by atoms with Gasteiger partial charge in [-0.3, -0.25) is 4.98 Å². The van der Waals surface area contributed by atoms with Crippen LogP contribution in [-0.4, -0.2) is 4.98 Å². The van der Waals surface area contributed by atoms with Crippen LogP contribution in [0.15, 0.2) is 24.4 Å². The van der Waals surface area contributed by atoms with Gasteiger partial charge in [-0.1, -0.05) is 34.8 Å². The van der Waals surface area contributed by atoms with E-state index < -0.39 is 5.82 Å². The van der Waals surface area contributed by atoms with Crippen LogP contribution in [0.3, 0.4) is 0 Å². The summed E-state index contributed by atoms with van der Waals surface area (Å²) in [6.07, 6.45) is 1.00. The second-order valence-electron chi connectivity index (χ2n) is 3.74. The first-order valence-electron chi connectivity index (χ1n) is 5.19. The van der Waals surface area contributed by atoms with Gasteiger partial charge in [0.05, 0.1) is 34.4 Å². The van der Waals surface area contributed by atoms with Crippen LogP contribution in [0, 0.1) is 17.1 Å². The van der Waals surface area contributed by atoms with Crippen molar-refractivity contribution in [2.24, 2.45) is 0 Å². The molecule has 0 saturated heterocycles. The Morgan fingerprint density at radius 3 is 2.63 bits per heavy atom. The molecule has 0 aliphatic carbocycles. The minimum absolute atomic E-state index is 0.0483. The molecule has 1 aromatic carbocycles. The predicted octanol–water partition coefficient (Wildman–Crippen LogP) is 4.91. The summed E-state index contributed by atoms with van der Waals surface area (Å²) < 4.78 is 13.4. The number of nitriles is 1. The van der Waals surface area contributed by atoms with E-state index in [4.69, 9.17) is 40.1 Å². The van der Waals surface area contributed by atoms with Crippen molar-refractivity contribution in [1.82, 2.24) is 4.98 Å². The van der Waals surface area contributed by atoms with Crippen molar-refractivity contribution < 1.29 is 4.39 Å². The zero-order chi connectivity index (χ0) is 14.0. The van der Waals surface area contributed by atoms with Gasteiger partial charge in [-0.2, -0.15) is 5.26 Å². The minimum Gasteiger partial charge on any atom is -0.253 e. The van der Waals surface area contributed by atoms with Crippen LogP contribution in [0.5, 0.6) is 0 Å². The van der Waals surface area contributed by atoms with Gasteiger partial charge in [-0.25, -0.2) is 4.39 Å². The van der Waals surface area contributed by atoms with Gasteiger partial charge in [0, 0.05) is 16.1 Å². The molecule has 0 radical (unpaired) electrons. The molecule has 0 fully saturated rings. The third kappa shape index (κ3) is 2.98. The van der Waals surface area contributed by atoms with Crippen LogP contribution in [0.25, 0.3) is 11.3 Å². The van der Waals surface area contributed by atoms with Crippen molar-refractivity contribution in [3.05, 3.63) is 50.8 Å². The normalized spacial score (nSPS) is 10.3. The molecular weight excluding hydrogens is 310 g/mol. The maximum Gasteiger partial charge on any atom is 0.145 e. The highest BCUT2D eigenvalue weighted by Gasteiger charge is 2.12. The molecule has 0 unspecified atom stereocenters. The van der Waals surface area contributed by atoms with E-state index in [1.807, 2.05) is 6.07 Å². The standard InChI is InChI=1S/C13H6Cl3FN2/c14-8-4-9(13(16)10(15)5-8)12-3-7(1-2-18)11(17)6-19-12/h3-6H,1H2. The summed E-state index contributed by atoms with van der Waals surface area (Å²) in [5, 5.41) is 9.62. The smallest absolute Gasteiger partial charge is 0.145 e. The van der Waals surface area contributed by atoms with Gasteiger partial charge in [0.25, 0.3) is 0 Å². The second-order valence-corrected chi connectivity index (χ2v) is 4.97. The van der Waals surface area contributed by atoms with Crippen LogP contribution in [-0.2, 0) is 6.42 Å². The van der Waals surface area contributed by atoms with Crippen molar-refractivity contribution in [3.63, 3.8) is 0 Å². The Morgan fingerprint density at radius 1 is 1.21 bits per heavy atom. The SMILES string of the molecule is N#CCc1cc(-c2cc(Cl)cc(Cl)c2Cl)ncc1F. The summed E-state index contributed by atoms with van der Waals surface area (Å²) in [7, 11) is 0. The maximum atomic E-state index is 13.4. The molecule has 1 heterocycles. The first-order chi connectivity index (χ1) is 9.02. The third-order valence-electron chi connectivity index (χ3n) is 2.47. The van der Waals surface area contributed by atoms with Gasteiger partial charge in [0.2, 0.25) is 0 Å². The van der Waals surface area contributed by atoms with Crippen LogP contribution in [0.4, 0.5) is 4.39 Å². The summed E-state index contributed by atoms with van der Waals surface area (Å²) in [5.74, 6) is -0.533. The molecule has 0 aliphatic heterocycles. The van der Waals surface area contributed by atoms with Crippen LogP contribution in [0.1, 0.15) is 5.56 Å². The van der Waals surface area contributed by atoms with E-state index in [2.05, 4.69) is 4.98 Å². The van der Waals surface area contributed by atoms with Gasteiger partial charge in [-0.05, 0) is 18.2 Å². The van der Waals surface area contributed by atoms with E-state index in [1.54, 1.807) is 6.07 Å². The Balaban J connectivity index is 2.60. The lowest BCUT2D eigenvalue weighted by molar-refractivity contribution is 0.609. The largest absolute Gasteiger partial charge is 0.253 e. The molecule has 2 nitrogen and oxygen atoms in total. The van der Waals surface area contributed by atoms with Gasteiger partial charge in [0.15, 0.2) is 0 Å². The lowest BCUT2D eigenvalue weighted by Gasteiger charge is -2.08. The monoisotopic (exact) mass is 314 g/mol. The Kier molecular flexibility index (Phi) is 4.26. The summed E-state index contributed by atoms with van der Waals surface area (Å²) in [6, 6.07) is 6.45. The van der Waals surface area contributed by atoms with Gasteiger partial charge in [0.1, 0.15) is 5.82 Å². The number of hydrogen-bond acceptors (Lipinski definition) is 2. The Morgan fingerprint density at radius 2 is 1.95 bits per heavy atom. The van der Waals surface area contributed by atoms with Crippen LogP contribution in [0.2, 0.25) is 15.1 Å². The number of halogens is 4. The fourth-order valence-corrected chi connectivity index (χ4v) is 2.29. The number of rotatable bonds is 2. The van der Waals surface area contributed by atoms with Crippen molar-refractivity contribution in [3.8, 4) is 17.3 Å². The highest BCUT2D eigenvalue weighted by atomic mass is 35.5. The summed E-state index contributed by atoms with van der Waals surface area (Å²) in [6.45, 7) is 0. The molecule has 1 aromatic heterocycles. The Labute approximate surface area is 124 Å². The number of nitrogens with zero attached hydrogens (tertiary/aromatic N) is 2. The quantitative estimate of drug-likeness (QED) is 0.738. The van der Waals surface area contributed by atoms with E-state index in [1.165, 1.54) is 12.1 Å². The van der Waals surface area contributed by atoms with Crippen molar-refractivity contribution in [1.29, 1.82) is 5.26 Å². The molecule has 0 atom stereocenters. The van der Waals surface area contributed by atoms with Crippen molar-refractivity contribution >= 4 is 34.8 Å².